The molecule has 4 atom stereocenters. The number of aliphatic hydroxyl groups is 2. The lowest BCUT2D eigenvalue weighted by Gasteiger charge is -2.32. The lowest BCUT2D eigenvalue weighted by Crippen LogP contribution is -2.38. The van der Waals surface area contributed by atoms with Gasteiger partial charge in [-0.05, 0) is 42.4 Å². The smallest absolute Gasteiger partial charge is 0.137 e. The molecule has 2 aliphatic rings. The molecule has 2 N–H and O–H groups in total. The van der Waals surface area contributed by atoms with Gasteiger partial charge in [0.25, 0.3) is 0 Å². The molecule has 2 fully saturated rings. The standard InChI is InChI=1S/C19H26N4O3/c1-26-19-3-2-13(4-16(19)10-23-12-20-11-21-23)7-22-8-14-5-17(24)18(25)6-15(14)9-22/h2-4,11-12,14-15,17-18,24-25H,5-10H2,1H3/t14-,15+,17-,18-/m0/s1. The van der Waals surface area contributed by atoms with E-state index in [0.717, 1.165) is 30.9 Å². The van der Waals surface area contributed by atoms with E-state index in [1.165, 1.54) is 11.9 Å². The lowest BCUT2D eigenvalue weighted by atomic mass is 9.79. The Hall–Kier alpha value is -1.96. The van der Waals surface area contributed by atoms with Crippen LogP contribution in [0.5, 0.6) is 5.75 Å². The maximum absolute atomic E-state index is 9.92. The maximum atomic E-state index is 9.92. The topological polar surface area (TPSA) is 83.6 Å². The van der Waals surface area contributed by atoms with Gasteiger partial charge in [-0.3, -0.25) is 4.90 Å². The summed E-state index contributed by atoms with van der Waals surface area (Å²) in [6.07, 6.45) is 3.53. The highest BCUT2D eigenvalue weighted by Gasteiger charge is 2.40. The predicted octanol–water partition coefficient (Wildman–Crippen LogP) is 0.899. The Bertz CT molecular complexity index is 718. The van der Waals surface area contributed by atoms with Gasteiger partial charge in [-0.2, -0.15) is 5.10 Å². The molecule has 0 spiro atoms. The molecule has 2 heterocycles. The Balaban J connectivity index is 1.45. The summed E-state index contributed by atoms with van der Waals surface area (Å²) in [4.78, 5) is 6.43. The second-order valence-corrected chi connectivity index (χ2v) is 7.56. The van der Waals surface area contributed by atoms with Crippen molar-refractivity contribution in [1.29, 1.82) is 0 Å². The van der Waals surface area contributed by atoms with Crippen molar-refractivity contribution >= 4 is 0 Å². The fraction of sp³-hybridized carbons (Fsp3) is 0.579. The van der Waals surface area contributed by atoms with Gasteiger partial charge in [-0.25, -0.2) is 9.67 Å². The average molecular weight is 358 g/mol. The lowest BCUT2D eigenvalue weighted by molar-refractivity contribution is -0.0372. The van der Waals surface area contributed by atoms with Crippen molar-refractivity contribution < 1.29 is 14.9 Å². The number of fused-ring (bicyclic) bond motifs is 1. The van der Waals surface area contributed by atoms with Crippen LogP contribution in [-0.2, 0) is 13.1 Å². The van der Waals surface area contributed by atoms with Crippen molar-refractivity contribution in [3.8, 4) is 5.75 Å². The van der Waals surface area contributed by atoms with Crippen LogP contribution in [0.1, 0.15) is 24.0 Å². The third kappa shape index (κ3) is 3.60. The van der Waals surface area contributed by atoms with Crippen LogP contribution in [0.25, 0.3) is 0 Å². The van der Waals surface area contributed by atoms with Gasteiger partial charge in [0.1, 0.15) is 18.4 Å². The maximum Gasteiger partial charge on any atom is 0.137 e. The summed E-state index contributed by atoms with van der Waals surface area (Å²) in [5, 5.41) is 24.0. The first-order chi connectivity index (χ1) is 12.6. The van der Waals surface area contributed by atoms with E-state index in [9.17, 15) is 10.2 Å². The van der Waals surface area contributed by atoms with Gasteiger partial charge in [0.15, 0.2) is 0 Å². The van der Waals surface area contributed by atoms with Gasteiger partial charge in [0.2, 0.25) is 0 Å². The van der Waals surface area contributed by atoms with Crippen LogP contribution < -0.4 is 4.74 Å². The molecule has 1 aromatic heterocycles. The minimum Gasteiger partial charge on any atom is -0.496 e. The largest absolute Gasteiger partial charge is 0.496 e. The van der Waals surface area contributed by atoms with Gasteiger partial charge in [-0.15, -0.1) is 0 Å². The van der Waals surface area contributed by atoms with Crippen LogP contribution in [0.15, 0.2) is 30.9 Å². The molecule has 1 aliphatic heterocycles. The van der Waals surface area contributed by atoms with E-state index in [1.54, 1.807) is 18.1 Å². The summed E-state index contributed by atoms with van der Waals surface area (Å²) in [5.74, 6) is 1.83. The third-order valence-electron chi connectivity index (χ3n) is 5.73. The summed E-state index contributed by atoms with van der Waals surface area (Å²) in [6.45, 7) is 3.46. The molecule has 7 nitrogen and oxygen atoms in total. The molecular weight excluding hydrogens is 332 g/mol. The van der Waals surface area contributed by atoms with Crippen LogP contribution >= 0.6 is 0 Å². The second-order valence-electron chi connectivity index (χ2n) is 7.56. The highest BCUT2D eigenvalue weighted by Crippen LogP contribution is 2.37. The molecule has 140 valence electrons. The zero-order chi connectivity index (χ0) is 18.1. The molecule has 0 radical (unpaired) electrons. The number of benzene rings is 1. The number of methoxy groups -OCH3 is 1. The number of aromatic nitrogens is 3. The number of hydrogen-bond donors (Lipinski definition) is 2. The summed E-state index contributed by atoms with van der Waals surface area (Å²) in [7, 11) is 1.68. The molecule has 26 heavy (non-hydrogen) atoms. The molecule has 1 saturated carbocycles. The Kier molecular flexibility index (Phi) is 4.93. The number of nitrogens with zero attached hydrogens (tertiary/aromatic N) is 4. The van der Waals surface area contributed by atoms with Gasteiger partial charge >= 0.3 is 0 Å². The molecule has 1 aliphatic carbocycles. The number of hydrogen-bond acceptors (Lipinski definition) is 6. The molecule has 1 aromatic carbocycles. The van der Waals surface area contributed by atoms with Crippen LogP contribution in [0, 0.1) is 11.8 Å². The molecule has 4 rings (SSSR count). The van der Waals surface area contributed by atoms with Crippen molar-refractivity contribution in [2.45, 2.75) is 38.1 Å². The van der Waals surface area contributed by atoms with E-state index in [2.05, 4.69) is 27.1 Å². The van der Waals surface area contributed by atoms with Crippen LogP contribution in [0.4, 0.5) is 0 Å². The highest BCUT2D eigenvalue weighted by molar-refractivity contribution is 5.37. The SMILES string of the molecule is COc1ccc(CN2C[C@H]3C[C@H](O)[C@@H](O)C[C@H]3C2)cc1Cn1cncn1. The monoisotopic (exact) mass is 358 g/mol. The Morgan fingerprint density at radius 3 is 2.46 bits per heavy atom. The Morgan fingerprint density at radius 1 is 1.12 bits per heavy atom. The molecule has 7 heteroatoms. The van der Waals surface area contributed by atoms with Crippen molar-refractivity contribution in [3.63, 3.8) is 0 Å². The third-order valence-corrected chi connectivity index (χ3v) is 5.73. The predicted molar refractivity (Wildman–Crippen MR) is 95.6 cm³/mol. The van der Waals surface area contributed by atoms with Crippen LogP contribution in [0.3, 0.4) is 0 Å². The summed E-state index contributed by atoms with van der Waals surface area (Å²) >= 11 is 0. The van der Waals surface area contributed by atoms with Crippen LogP contribution in [-0.4, -0.2) is 62.3 Å². The van der Waals surface area contributed by atoms with E-state index >= 15 is 0 Å². The quantitative estimate of drug-likeness (QED) is 0.826. The fourth-order valence-electron chi connectivity index (χ4n) is 4.43. The van der Waals surface area contributed by atoms with Gasteiger partial charge in [-0.1, -0.05) is 6.07 Å². The van der Waals surface area contributed by atoms with Crippen molar-refractivity contribution in [2.24, 2.45) is 11.8 Å². The normalized spacial score (nSPS) is 28.9. The Labute approximate surface area is 153 Å². The number of likely N-dealkylation sites (tertiary alicyclic amines) is 1. The zero-order valence-corrected chi connectivity index (χ0v) is 15.0. The summed E-state index contributed by atoms with van der Waals surface area (Å²) in [5.41, 5.74) is 2.32. The first-order valence-electron chi connectivity index (χ1n) is 9.19. The van der Waals surface area contributed by atoms with E-state index in [4.69, 9.17) is 4.74 Å². The average Bonchev–Trinajstić information content (AvgIpc) is 3.25. The molecule has 1 saturated heterocycles. The first kappa shape index (κ1) is 17.5. The van der Waals surface area contributed by atoms with Crippen molar-refractivity contribution in [1.82, 2.24) is 19.7 Å². The Morgan fingerprint density at radius 2 is 1.85 bits per heavy atom. The molecule has 0 unspecified atom stereocenters. The fourth-order valence-corrected chi connectivity index (χ4v) is 4.43. The van der Waals surface area contributed by atoms with Gasteiger partial charge in [0.05, 0.1) is 25.9 Å². The summed E-state index contributed by atoms with van der Waals surface area (Å²) in [6, 6.07) is 6.29. The molecular formula is C19H26N4O3. The number of ether oxygens (including phenoxy) is 1. The highest BCUT2D eigenvalue weighted by atomic mass is 16.5. The minimum atomic E-state index is -0.563. The second kappa shape index (κ2) is 7.34. The molecule has 2 aromatic rings. The minimum absolute atomic E-state index is 0.487. The molecule has 0 bridgehead atoms. The van der Waals surface area contributed by atoms with E-state index in [0.29, 0.717) is 31.2 Å². The van der Waals surface area contributed by atoms with E-state index < -0.39 is 12.2 Å². The van der Waals surface area contributed by atoms with Gasteiger partial charge in [0, 0.05) is 25.2 Å². The van der Waals surface area contributed by atoms with Gasteiger partial charge < -0.3 is 14.9 Å². The van der Waals surface area contributed by atoms with E-state index in [1.807, 2.05) is 6.07 Å². The van der Waals surface area contributed by atoms with Crippen molar-refractivity contribution in [2.75, 3.05) is 20.2 Å². The number of rotatable bonds is 5. The zero-order valence-electron chi connectivity index (χ0n) is 15.0. The summed E-state index contributed by atoms with van der Waals surface area (Å²) < 4.78 is 7.28. The van der Waals surface area contributed by atoms with Crippen molar-refractivity contribution in [3.05, 3.63) is 42.0 Å². The molecule has 0 amide bonds. The van der Waals surface area contributed by atoms with Crippen LogP contribution in [0.2, 0.25) is 0 Å². The van der Waals surface area contributed by atoms with E-state index in [-0.39, 0.29) is 0 Å². The first-order valence-corrected chi connectivity index (χ1v) is 9.19. The number of aliphatic hydroxyl groups excluding tert-OH is 2.